The Morgan fingerprint density at radius 3 is 2.74 bits per heavy atom. The quantitative estimate of drug-likeness (QED) is 0.609. The fraction of sp³-hybridized carbons (Fsp3) is 0.400. The Morgan fingerprint density at radius 1 is 1.16 bits per heavy atom. The van der Waals surface area contributed by atoms with E-state index in [1.807, 2.05) is 25.1 Å². The summed E-state index contributed by atoms with van der Waals surface area (Å²) in [6.45, 7) is 7.07. The maximum Gasteiger partial charge on any atom is 0.235 e. The molecule has 1 saturated heterocycles. The van der Waals surface area contributed by atoms with Crippen molar-refractivity contribution < 1.29 is 19.0 Å². The number of likely N-dealkylation sites (tertiary alicyclic amines) is 1. The van der Waals surface area contributed by atoms with Crippen molar-refractivity contribution in [1.82, 2.24) is 4.90 Å². The molecule has 2 aromatic carbocycles. The lowest BCUT2D eigenvalue weighted by atomic mass is 9.99. The number of aryl methyl sites for hydroxylation is 1. The number of aliphatic hydroxyl groups excluding tert-OH is 1. The van der Waals surface area contributed by atoms with Crippen LogP contribution in [0.3, 0.4) is 0 Å². The first-order valence-electron chi connectivity index (χ1n) is 10.8. The third-order valence-corrected chi connectivity index (χ3v) is 5.72. The highest BCUT2D eigenvalue weighted by Gasteiger charge is 2.19. The van der Waals surface area contributed by atoms with Gasteiger partial charge in [0.1, 0.15) is 36.1 Å². The number of rotatable bonds is 7. The van der Waals surface area contributed by atoms with E-state index in [1.54, 1.807) is 24.3 Å². The van der Waals surface area contributed by atoms with Crippen LogP contribution in [0.5, 0.6) is 17.2 Å². The molecule has 1 aliphatic heterocycles. The summed E-state index contributed by atoms with van der Waals surface area (Å²) in [5.74, 6) is 2.04. The van der Waals surface area contributed by atoms with E-state index in [1.165, 1.54) is 19.1 Å². The zero-order valence-electron chi connectivity index (χ0n) is 18.0. The summed E-state index contributed by atoms with van der Waals surface area (Å²) in [4.78, 5) is 15.0. The summed E-state index contributed by atoms with van der Waals surface area (Å²) in [6.07, 6.45) is 3.10. The number of hydrogen-bond donors (Lipinski definition) is 1. The van der Waals surface area contributed by atoms with E-state index in [9.17, 15) is 9.90 Å². The summed E-state index contributed by atoms with van der Waals surface area (Å²) >= 11 is 0. The van der Waals surface area contributed by atoms with Crippen LogP contribution in [0, 0.1) is 12.8 Å². The van der Waals surface area contributed by atoms with Gasteiger partial charge in [0.2, 0.25) is 11.2 Å². The molecule has 0 amide bonds. The number of benzene rings is 2. The molecule has 1 aliphatic rings. The molecular formula is C25H29NO5. The SMILES string of the molecule is Cc1cccc(Oc2coc3cc(OCC(O)CN4CCC(C)CC4)ccc3c2=O)c1. The van der Waals surface area contributed by atoms with Crippen LogP contribution in [-0.2, 0) is 0 Å². The fourth-order valence-corrected chi connectivity index (χ4v) is 3.84. The van der Waals surface area contributed by atoms with Crippen LogP contribution in [0.2, 0.25) is 0 Å². The van der Waals surface area contributed by atoms with Crippen molar-refractivity contribution in [2.45, 2.75) is 32.8 Å². The predicted molar refractivity (Wildman–Crippen MR) is 120 cm³/mol. The van der Waals surface area contributed by atoms with Crippen molar-refractivity contribution >= 4 is 11.0 Å². The molecule has 0 spiro atoms. The number of ether oxygens (including phenoxy) is 2. The monoisotopic (exact) mass is 423 g/mol. The molecule has 164 valence electrons. The molecule has 1 unspecified atom stereocenters. The van der Waals surface area contributed by atoms with E-state index >= 15 is 0 Å². The van der Waals surface area contributed by atoms with Crippen LogP contribution < -0.4 is 14.9 Å². The molecule has 4 rings (SSSR count). The minimum Gasteiger partial charge on any atom is -0.491 e. The summed E-state index contributed by atoms with van der Waals surface area (Å²) < 4.78 is 17.1. The number of piperidine rings is 1. The average Bonchev–Trinajstić information content (AvgIpc) is 2.76. The van der Waals surface area contributed by atoms with Crippen molar-refractivity contribution in [3.63, 3.8) is 0 Å². The minimum absolute atomic E-state index is 0.137. The molecule has 6 heteroatoms. The zero-order chi connectivity index (χ0) is 21.8. The maximum absolute atomic E-state index is 12.8. The minimum atomic E-state index is -0.568. The predicted octanol–water partition coefficient (Wildman–Crippen LogP) is 4.37. The highest BCUT2D eigenvalue weighted by atomic mass is 16.5. The van der Waals surface area contributed by atoms with Crippen LogP contribution in [0.1, 0.15) is 25.3 Å². The van der Waals surface area contributed by atoms with Crippen LogP contribution in [0.4, 0.5) is 0 Å². The lowest BCUT2D eigenvalue weighted by molar-refractivity contribution is 0.0563. The summed E-state index contributed by atoms with van der Waals surface area (Å²) in [5, 5.41) is 10.7. The Bertz CT molecular complexity index is 1080. The van der Waals surface area contributed by atoms with Crippen molar-refractivity contribution in [2.75, 3.05) is 26.2 Å². The summed E-state index contributed by atoms with van der Waals surface area (Å²) in [5.41, 5.74) is 1.22. The topological polar surface area (TPSA) is 72.1 Å². The number of fused-ring (bicyclic) bond motifs is 1. The van der Waals surface area contributed by atoms with E-state index in [0.717, 1.165) is 24.6 Å². The van der Waals surface area contributed by atoms with Crippen LogP contribution in [0.25, 0.3) is 11.0 Å². The third kappa shape index (κ3) is 5.46. The standard InChI is InChI=1S/C25H29NO5/c1-17-8-10-26(11-9-17)14-19(27)15-29-20-6-7-22-23(13-20)30-16-24(25(22)28)31-21-5-3-4-18(2)12-21/h3-7,12-13,16-17,19,27H,8-11,14-15H2,1-2H3. The molecule has 0 aliphatic carbocycles. The van der Waals surface area contributed by atoms with Crippen molar-refractivity contribution in [1.29, 1.82) is 0 Å². The van der Waals surface area contributed by atoms with E-state index in [-0.39, 0.29) is 17.8 Å². The molecule has 31 heavy (non-hydrogen) atoms. The molecule has 0 bridgehead atoms. The Morgan fingerprint density at radius 2 is 1.97 bits per heavy atom. The molecule has 1 aromatic heterocycles. The van der Waals surface area contributed by atoms with Gasteiger partial charge in [-0.15, -0.1) is 0 Å². The van der Waals surface area contributed by atoms with E-state index in [4.69, 9.17) is 13.9 Å². The van der Waals surface area contributed by atoms with E-state index in [2.05, 4.69) is 11.8 Å². The van der Waals surface area contributed by atoms with Gasteiger partial charge in [0.25, 0.3) is 0 Å². The molecule has 1 fully saturated rings. The van der Waals surface area contributed by atoms with Crippen LogP contribution >= 0.6 is 0 Å². The van der Waals surface area contributed by atoms with Crippen molar-refractivity contribution in [3.05, 3.63) is 64.5 Å². The summed E-state index contributed by atoms with van der Waals surface area (Å²) in [7, 11) is 0. The van der Waals surface area contributed by atoms with Gasteiger partial charge in [-0.2, -0.15) is 0 Å². The lowest BCUT2D eigenvalue weighted by Gasteiger charge is -2.31. The van der Waals surface area contributed by atoms with Gasteiger partial charge in [-0.05, 0) is 68.6 Å². The third-order valence-electron chi connectivity index (χ3n) is 5.72. The summed E-state index contributed by atoms with van der Waals surface area (Å²) in [6, 6.07) is 12.5. The van der Waals surface area contributed by atoms with Crippen LogP contribution in [-0.4, -0.2) is 42.4 Å². The second-order valence-corrected chi connectivity index (χ2v) is 8.45. The van der Waals surface area contributed by atoms with Gasteiger partial charge in [-0.1, -0.05) is 19.1 Å². The number of nitrogens with zero attached hydrogens (tertiary/aromatic N) is 1. The second-order valence-electron chi connectivity index (χ2n) is 8.45. The first-order chi connectivity index (χ1) is 15.0. The first kappa shape index (κ1) is 21.4. The second kappa shape index (κ2) is 9.54. The van der Waals surface area contributed by atoms with E-state index < -0.39 is 6.10 Å². The van der Waals surface area contributed by atoms with Crippen LogP contribution in [0.15, 0.2) is 57.9 Å². The molecule has 2 heterocycles. The van der Waals surface area contributed by atoms with Gasteiger partial charge in [0, 0.05) is 12.6 Å². The molecule has 0 radical (unpaired) electrons. The van der Waals surface area contributed by atoms with Gasteiger partial charge >= 0.3 is 0 Å². The molecule has 0 saturated carbocycles. The largest absolute Gasteiger partial charge is 0.491 e. The first-order valence-corrected chi connectivity index (χ1v) is 10.8. The zero-order valence-corrected chi connectivity index (χ0v) is 18.0. The fourth-order valence-electron chi connectivity index (χ4n) is 3.84. The lowest BCUT2D eigenvalue weighted by Crippen LogP contribution is -2.40. The normalized spacial score (nSPS) is 16.4. The highest BCUT2D eigenvalue weighted by Crippen LogP contribution is 2.24. The Labute approximate surface area is 182 Å². The van der Waals surface area contributed by atoms with E-state index in [0.29, 0.717) is 29.0 Å². The molecule has 6 nitrogen and oxygen atoms in total. The molecule has 1 atom stereocenters. The Kier molecular flexibility index (Phi) is 6.59. The maximum atomic E-state index is 12.8. The number of hydrogen-bond acceptors (Lipinski definition) is 6. The van der Waals surface area contributed by atoms with Gasteiger partial charge in [-0.25, -0.2) is 0 Å². The Balaban J connectivity index is 1.39. The number of aliphatic hydroxyl groups is 1. The van der Waals surface area contributed by atoms with Gasteiger partial charge in [0.05, 0.1) is 5.39 Å². The number of β-amino-alcohol motifs (C(OH)–C–C–N with tert-alkyl or cyclic N) is 1. The molecule has 1 N–H and O–H groups in total. The molecule has 3 aromatic rings. The highest BCUT2D eigenvalue weighted by molar-refractivity contribution is 5.79. The van der Waals surface area contributed by atoms with Gasteiger partial charge in [-0.3, -0.25) is 4.79 Å². The van der Waals surface area contributed by atoms with Crippen molar-refractivity contribution in [2.24, 2.45) is 5.92 Å². The van der Waals surface area contributed by atoms with Crippen molar-refractivity contribution in [3.8, 4) is 17.2 Å². The van der Waals surface area contributed by atoms with Gasteiger partial charge < -0.3 is 23.9 Å². The Hall–Kier alpha value is -2.83. The average molecular weight is 424 g/mol. The molecular weight excluding hydrogens is 394 g/mol. The van der Waals surface area contributed by atoms with Gasteiger partial charge in [0.15, 0.2) is 0 Å². The smallest absolute Gasteiger partial charge is 0.235 e.